The molecule has 3 heteroatoms. The van der Waals surface area contributed by atoms with E-state index < -0.39 is 0 Å². The Labute approximate surface area is 66.6 Å². The van der Waals surface area contributed by atoms with E-state index >= 15 is 0 Å². The maximum atomic E-state index is 4.14. The molecule has 0 bridgehead atoms. The van der Waals surface area contributed by atoms with E-state index in [2.05, 4.69) is 20.9 Å². The number of fused-ring (bicyclic) bond motifs is 1. The van der Waals surface area contributed by atoms with Gasteiger partial charge in [-0.2, -0.15) is 0 Å². The summed E-state index contributed by atoms with van der Waals surface area (Å²) in [6, 6.07) is 5.84. The van der Waals surface area contributed by atoms with Gasteiger partial charge in [-0.1, -0.05) is 0 Å². The number of hydrogen-bond donors (Lipinski definition) is 0. The molecular formula is C7H5BrN2. The van der Waals surface area contributed by atoms with E-state index in [0.717, 1.165) is 10.3 Å². The molecule has 2 heterocycles. The van der Waals surface area contributed by atoms with Gasteiger partial charge < -0.3 is 0 Å². The molecule has 2 rings (SSSR count). The van der Waals surface area contributed by atoms with E-state index in [0.29, 0.717) is 0 Å². The summed E-state index contributed by atoms with van der Waals surface area (Å²) < 4.78 is 3.01. The van der Waals surface area contributed by atoms with Crippen molar-refractivity contribution in [1.29, 1.82) is 0 Å². The molecule has 0 aliphatic heterocycles. The van der Waals surface area contributed by atoms with Crippen LogP contribution in [0.25, 0.3) is 5.65 Å². The van der Waals surface area contributed by atoms with Gasteiger partial charge in [0.1, 0.15) is 5.65 Å². The Hall–Kier alpha value is -0.830. The van der Waals surface area contributed by atoms with Crippen LogP contribution in [0.2, 0.25) is 0 Å². The van der Waals surface area contributed by atoms with Crippen LogP contribution in [-0.2, 0) is 0 Å². The molecule has 2 aromatic heterocycles. The Balaban J connectivity index is 2.93. The smallest absolute Gasteiger partial charge is 0.137 e. The van der Waals surface area contributed by atoms with Crippen LogP contribution >= 0.6 is 15.9 Å². The van der Waals surface area contributed by atoms with E-state index in [-0.39, 0.29) is 0 Å². The van der Waals surface area contributed by atoms with E-state index in [9.17, 15) is 0 Å². The SMILES string of the molecule is Brc1ccc2ncccn12. The summed E-state index contributed by atoms with van der Waals surface area (Å²) in [6.45, 7) is 0. The van der Waals surface area contributed by atoms with Crippen LogP contribution in [-0.4, -0.2) is 9.38 Å². The minimum Gasteiger partial charge on any atom is -0.295 e. The van der Waals surface area contributed by atoms with Crippen LogP contribution < -0.4 is 0 Å². The van der Waals surface area contributed by atoms with Crippen LogP contribution in [0.3, 0.4) is 0 Å². The molecular weight excluding hydrogens is 192 g/mol. The van der Waals surface area contributed by atoms with Crippen molar-refractivity contribution in [2.45, 2.75) is 0 Å². The zero-order chi connectivity index (χ0) is 6.97. The fourth-order valence-corrected chi connectivity index (χ4v) is 1.34. The molecule has 0 amide bonds. The molecule has 0 fully saturated rings. The van der Waals surface area contributed by atoms with Gasteiger partial charge in [-0.25, -0.2) is 4.98 Å². The zero-order valence-electron chi connectivity index (χ0n) is 5.16. The number of halogens is 1. The third-order valence-corrected chi connectivity index (χ3v) is 2.02. The summed E-state index contributed by atoms with van der Waals surface area (Å²) in [5.74, 6) is 0. The molecule has 0 spiro atoms. The van der Waals surface area contributed by atoms with E-state index in [4.69, 9.17) is 0 Å². The monoisotopic (exact) mass is 196 g/mol. The Morgan fingerprint density at radius 1 is 1.40 bits per heavy atom. The van der Waals surface area contributed by atoms with Crippen molar-refractivity contribution in [3.05, 3.63) is 35.2 Å². The molecule has 10 heavy (non-hydrogen) atoms. The number of nitrogens with zero attached hydrogens (tertiary/aromatic N) is 2. The van der Waals surface area contributed by atoms with Gasteiger partial charge in [-0.05, 0) is 34.1 Å². The lowest BCUT2D eigenvalue weighted by molar-refractivity contribution is 1.10. The predicted molar refractivity (Wildman–Crippen MR) is 42.9 cm³/mol. The summed E-state index contributed by atoms with van der Waals surface area (Å²) in [7, 11) is 0. The van der Waals surface area contributed by atoms with Gasteiger partial charge in [0.25, 0.3) is 0 Å². The predicted octanol–water partition coefficient (Wildman–Crippen LogP) is 2.10. The Kier molecular flexibility index (Phi) is 1.24. The molecule has 2 aromatic rings. The maximum absolute atomic E-state index is 4.14. The van der Waals surface area contributed by atoms with Crippen LogP contribution in [0.1, 0.15) is 0 Å². The maximum Gasteiger partial charge on any atom is 0.137 e. The minimum atomic E-state index is 0.967. The third-order valence-electron chi connectivity index (χ3n) is 1.37. The van der Waals surface area contributed by atoms with Crippen molar-refractivity contribution in [3.8, 4) is 0 Å². The quantitative estimate of drug-likeness (QED) is 0.632. The van der Waals surface area contributed by atoms with Crippen LogP contribution in [0, 0.1) is 0 Å². The first kappa shape index (κ1) is 5.92. The standard InChI is InChI=1S/C7H5BrN2/c8-6-2-3-7-9-4-1-5-10(6)7/h1-5H. The number of rotatable bonds is 0. The lowest BCUT2D eigenvalue weighted by Gasteiger charge is -1.91. The van der Waals surface area contributed by atoms with Gasteiger partial charge in [0.15, 0.2) is 0 Å². The van der Waals surface area contributed by atoms with E-state index in [1.54, 1.807) is 6.20 Å². The van der Waals surface area contributed by atoms with Crippen molar-refractivity contribution in [2.75, 3.05) is 0 Å². The van der Waals surface area contributed by atoms with Crippen molar-refractivity contribution < 1.29 is 0 Å². The third kappa shape index (κ3) is 0.743. The second-order valence-corrected chi connectivity index (χ2v) is 2.82. The van der Waals surface area contributed by atoms with Gasteiger partial charge >= 0.3 is 0 Å². The molecule has 2 nitrogen and oxygen atoms in total. The van der Waals surface area contributed by atoms with Crippen LogP contribution in [0.4, 0.5) is 0 Å². The molecule has 0 saturated carbocycles. The van der Waals surface area contributed by atoms with Gasteiger partial charge in [-0.15, -0.1) is 0 Å². The second-order valence-electron chi connectivity index (χ2n) is 2.00. The van der Waals surface area contributed by atoms with Crippen molar-refractivity contribution in [2.24, 2.45) is 0 Å². The number of aromatic nitrogens is 2. The number of hydrogen-bond acceptors (Lipinski definition) is 1. The Morgan fingerprint density at radius 2 is 2.30 bits per heavy atom. The van der Waals surface area contributed by atoms with Gasteiger partial charge in [0.2, 0.25) is 0 Å². The fraction of sp³-hybridized carbons (Fsp3) is 0. The molecule has 0 radical (unpaired) electrons. The van der Waals surface area contributed by atoms with E-state index in [1.165, 1.54) is 0 Å². The lowest BCUT2D eigenvalue weighted by Crippen LogP contribution is -1.83. The summed E-state index contributed by atoms with van der Waals surface area (Å²) in [5.41, 5.74) is 0.967. The average Bonchev–Trinajstić information content (AvgIpc) is 2.34. The Bertz CT molecular complexity index is 353. The zero-order valence-corrected chi connectivity index (χ0v) is 6.75. The van der Waals surface area contributed by atoms with Gasteiger partial charge in [-0.3, -0.25) is 4.40 Å². The van der Waals surface area contributed by atoms with Crippen molar-refractivity contribution in [1.82, 2.24) is 9.38 Å². The Morgan fingerprint density at radius 3 is 3.10 bits per heavy atom. The highest BCUT2D eigenvalue weighted by atomic mass is 79.9. The molecule has 0 N–H and O–H groups in total. The highest BCUT2D eigenvalue weighted by Gasteiger charge is 1.94. The van der Waals surface area contributed by atoms with Gasteiger partial charge in [0, 0.05) is 12.4 Å². The molecule has 0 aliphatic carbocycles. The average molecular weight is 197 g/mol. The van der Waals surface area contributed by atoms with Crippen molar-refractivity contribution >= 4 is 21.6 Å². The van der Waals surface area contributed by atoms with Gasteiger partial charge in [0.05, 0.1) is 4.60 Å². The normalized spacial score (nSPS) is 10.5. The topological polar surface area (TPSA) is 17.3 Å². The highest BCUT2D eigenvalue weighted by Crippen LogP contribution is 2.12. The molecule has 0 aliphatic rings. The summed E-state index contributed by atoms with van der Waals surface area (Å²) >= 11 is 3.39. The summed E-state index contributed by atoms with van der Waals surface area (Å²) in [6.07, 6.45) is 3.74. The van der Waals surface area contributed by atoms with Crippen molar-refractivity contribution in [3.63, 3.8) is 0 Å². The molecule has 0 atom stereocenters. The van der Waals surface area contributed by atoms with E-state index in [1.807, 2.05) is 28.8 Å². The fourth-order valence-electron chi connectivity index (χ4n) is 0.910. The minimum absolute atomic E-state index is 0.967. The first-order chi connectivity index (χ1) is 4.88. The molecule has 0 saturated heterocycles. The molecule has 0 aromatic carbocycles. The molecule has 0 unspecified atom stereocenters. The van der Waals surface area contributed by atoms with Crippen LogP contribution in [0.15, 0.2) is 35.2 Å². The first-order valence-electron chi connectivity index (χ1n) is 2.95. The highest BCUT2D eigenvalue weighted by molar-refractivity contribution is 9.10. The summed E-state index contributed by atoms with van der Waals surface area (Å²) in [4.78, 5) is 4.14. The summed E-state index contributed by atoms with van der Waals surface area (Å²) in [5, 5.41) is 0. The lowest BCUT2D eigenvalue weighted by atomic mass is 10.6. The first-order valence-corrected chi connectivity index (χ1v) is 3.75. The largest absolute Gasteiger partial charge is 0.295 e. The van der Waals surface area contributed by atoms with Crippen LogP contribution in [0.5, 0.6) is 0 Å². The second kappa shape index (κ2) is 2.09. The molecule has 50 valence electrons.